The van der Waals surface area contributed by atoms with E-state index in [4.69, 9.17) is 17.3 Å². The number of hydrogen-bond acceptors (Lipinski definition) is 3. The lowest BCUT2D eigenvalue weighted by atomic mass is 10.0. The molecule has 0 spiro atoms. The minimum absolute atomic E-state index is 0. The van der Waals surface area contributed by atoms with E-state index in [-0.39, 0.29) is 24.4 Å². The molecule has 3 nitrogen and oxygen atoms in total. The van der Waals surface area contributed by atoms with Crippen LogP contribution in [0.2, 0.25) is 5.02 Å². The van der Waals surface area contributed by atoms with Gasteiger partial charge in [0.05, 0.1) is 12.1 Å². The Morgan fingerprint density at radius 3 is 2.55 bits per heavy atom. The van der Waals surface area contributed by atoms with Crippen LogP contribution in [0.15, 0.2) is 41.8 Å². The summed E-state index contributed by atoms with van der Waals surface area (Å²) in [4.78, 5) is 13.3. The normalized spacial score (nSPS) is 13.0. The third-order valence-corrected chi connectivity index (χ3v) is 4.44. The summed E-state index contributed by atoms with van der Waals surface area (Å²) in [6, 6.07) is 10.8. The molecule has 0 aliphatic rings. The molecule has 0 aliphatic heterocycles. The van der Waals surface area contributed by atoms with Crippen molar-refractivity contribution in [2.75, 3.05) is 0 Å². The Balaban J connectivity index is 0.00000242. The first-order valence-corrected chi connectivity index (χ1v) is 8.22. The quantitative estimate of drug-likeness (QED) is 0.814. The minimum Gasteiger partial charge on any atom is -0.343 e. The van der Waals surface area contributed by atoms with Crippen molar-refractivity contribution in [3.05, 3.63) is 57.2 Å². The SMILES string of the molecule is CCCC(N)C(=O)NC(c1ccc(Cl)cc1)c1cccs1.Cl. The van der Waals surface area contributed by atoms with Gasteiger partial charge in [0, 0.05) is 9.90 Å². The van der Waals surface area contributed by atoms with Gasteiger partial charge in [0.1, 0.15) is 0 Å². The van der Waals surface area contributed by atoms with Gasteiger partial charge in [-0.3, -0.25) is 4.79 Å². The number of nitrogens with two attached hydrogens (primary N) is 1. The fourth-order valence-corrected chi connectivity index (χ4v) is 3.05. The van der Waals surface area contributed by atoms with Gasteiger partial charge in [-0.05, 0) is 35.6 Å². The van der Waals surface area contributed by atoms with Crippen molar-refractivity contribution in [3.8, 4) is 0 Å². The maximum Gasteiger partial charge on any atom is 0.237 e. The summed E-state index contributed by atoms with van der Waals surface area (Å²) in [6.45, 7) is 2.02. The van der Waals surface area contributed by atoms with Crippen molar-refractivity contribution in [3.63, 3.8) is 0 Å². The van der Waals surface area contributed by atoms with Crippen LogP contribution in [0.3, 0.4) is 0 Å². The number of carbonyl (C=O) groups excluding carboxylic acids is 1. The number of nitrogens with one attached hydrogen (secondary N) is 1. The largest absolute Gasteiger partial charge is 0.343 e. The molecule has 1 heterocycles. The summed E-state index contributed by atoms with van der Waals surface area (Å²) in [5, 5.41) is 5.72. The summed E-state index contributed by atoms with van der Waals surface area (Å²) in [5.41, 5.74) is 6.90. The van der Waals surface area contributed by atoms with E-state index in [9.17, 15) is 4.79 Å². The molecule has 1 aromatic heterocycles. The first-order chi connectivity index (χ1) is 10.1. The van der Waals surface area contributed by atoms with Gasteiger partial charge in [-0.2, -0.15) is 0 Å². The van der Waals surface area contributed by atoms with Crippen molar-refractivity contribution in [1.29, 1.82) is 0 Å². The Kier molecular flexibility index (Phi) is 7.90. The molecule has 1 aromatic carbocycles. The molecular formula is C16H20Cl2N2OS. The van der Waals surface area contributed by atoms with Crippen molar-refractivity contribution in [2.45, 2.75) is 31.8 Å². The third kappa shape index (κ3) is 4.99. The fraction of sp³-hybridized carbons (Fsp3) is 0.312. The molecule has 3 N–H and O–H groups in total. The first kappa shape index (κ1) is 19.0. The number of carbonyl (C=O) groups is 1. The van der Waals surface area contributed by atoms with Crippen LogP contribution in [0.4, 0.5) is 0 Å². The molecule has 6 heteroatoms. The van der Waals surface area contributed by atoms with Crippen LogP contribution >= 0.6 is 35.3 Å². The predicted octanol–water partition coefficient (Wildman–Crippen LogP) is 4.16. The number of benzene rings is 1. The molecule has 0 bridgehead atoms. The van der Waals surface area contributed by atoms with Crippen molar-refractivity contribution < 1.29 is 4.79 Å². The molecule has 2 atom stereocenters. The summed E-state index contributed by atoms with van der Waals surface area (Å²) in [6.07, 6.45) is 1.57. The van der Waals surface area contributed by atoms with Gasteiger partial charge >= 0.3 is 0 Å². The van der Waals surface area contributed by atoms with Crippen molar-refractivity contribution >= 4 is 41.3 Å². The molecule has 22 heavy (non-hydrogen) atoms. The Labute approximate surface area is 146 Å². The van der Waals surface area contributed by atoms with Gasteiger partial charge in [-0.1, -0.05) is 43.1 Å². The highest BCUT2D eigenvalue weighted by molar-refractivity contribution is 7.10. The summed E-state index contributed by atoms with van der Waals surface area (Å²) in [5.74, 6) is -0.120. The summed E-state index contributed by atoms with van der Waals surface area (Å²) in [7, 11) is 0. The highest BCUT2D eigenvalue weighted by Gasteiger charge is 2.21. The topological polar surface area (TPSA) is 55.1 Å². The molecule has 120 valence electrons. The minimum atomic E-state index is -0.468. The Hall–Kier alpha value is -1.07. The molecule has 0 saturated heterocycles. The van der Waals surface area contributed by atoms with Gasteiger partial charge in [0.25, 0.3) is 0 Å². The maximum atomic E-state index is 12.2. The highest BCUT2D eigenvalue weighted by atomic mass is 35.5. The molecule has 0 radical (unpaired) electrons. The molecule has 0 saturated carbocycles. The van der Waals surface area contributed by atoms with E-state index in [1.165, 1.54) is 0 Å². The van der Waals surface area contributed by atoms with E-state index in [0.29, 0.717) is 11.4 Å². The van der Waals surface area contributed by atoms with Gasteiger partial charge in [-0.15, -0.1) is 23.7 Å². The second-order valence-corrected chi connectivity index (χ2v) is 6.32. The molecule has 2 unspecified atom stereocenters. The summed E-state index contributed by atoms with van der Waals surface area (Å²) >= 11 is 7.54. The van der Waals surface area contributed by atoms with E-state index in [1.807, 2.05) is 48.7 Å². The lowest BCUT2D eigenvalue weighted by molar-refractivity contribution is -0.123. The lowest BCUT2D eigenvalue weighted by Crippen LogP contribution is -2.42. The van der Waals surface area contributed by atoms with Gasteiger partial charge in [0.15, 0.2) is 0 Å². The fourth-order valence-electron chi connectivity index (χ4n) is 2.12. The zero-order chi connectivity index (χ0) is 15.2. The van der Waals surface area contributed by atoms with Crippen LogP contribution < -0.4 is 11.1 Å². The predicted molar refractivity (Wildman–Crippen MR) is 95.9 cm³/mol. The molecule has 0 aliphatic carbocycles. The van der Waals surface area contributed by atoms with Gasteiger partial charge < -0.3 is 11.1 Å². The van der Waals surface area contributed by atoms with E-state index in [0.717, 1.165) is 16.9 Å². The van der Waals surface area contributed by atoms with E-state index < -0.39 is 6.04 Å². The van der Waals surface area contributed by atoms with Crippen LogP contribution in [0.5, 0.6) is 0 Å². The Bertz CT molecular complexity index is 572. The third-order valence-electron chi connectivity index (χ3n) is 3.25. The molecule has 0 fully saturated rings. The number of amides is 1. The zero-order valence-corrected chi connectivity index (χ0v) is 14.7. The second kappa shape index (κ2) is 9.16. The molecular weight excluding hydrogens is 339 g/mol. The van der Waals surface area contributed by atoms with E-state index >= 15 is 0 Å². The smallest absolute Gasteiger partial charge is 0.237 e. The van der Waals surface area contributed by atoms with E-state index in [2.05, 4.69) is 5.32 Å². The van der Waals surface area contributed by atoms with Crippen LogP contribution in [-0.4, -0.2) is 11.9 Å². The maximum absolute atomic E-state index is 12.2. The molecule has 2 rings (SSSR count). The average Bonchev–Trinajstić information content (AvgIpc) is 3.00. The average molecular weight is 359 g/mol. The van der Waals surface area contributed by atoms with Crippen molar-refractivity contribution in [1.82, 2.24) is 5.32 Å². The van der Waals surface area contributed by atoms with Gasteiger partial charge in [0.2, 0.25) is 5.91 Å². The zero-order valence-electron chi connectivity index (χ0n) is 12.3. The Morgan fingerprint density at radius 1 is 1.32 bits per heavy atom. The number of thiophene rings is 1. The van der Waals surface area contributed by atoms with Crippen molar-refractivity contribution in [2.24, 2.45) is 5.73 Å². The number of rotatable bonds is 6. The molecule has 1 amide bonds. The van der Waals surface area contributed by atoms with E-state index in [1.54, 1.807) is 11.3 Å². The van der Waals surface area contributed by atoms with Crippen LogP contribution in [0, 0.1) is 0 Å². The molecule has 2 aromatic rings. The summed E-state index contributed by atoms with van der Waals surface area (Å²) < 4.78 is 0. The van der Waals surface area contributed by atoms with Crippen LogP contribution in [0.1, 0.15) is 36.2 Å². The highest BCUT2D eigenvalue weighted by Crippen LogP contribution is 2.27. The number of hydrogen-bond donors (Lipinski definition) is 2. The second-order valence-electron chi connectivity index (χ2n) is 4.90. The first-order valence-electron chi connectivity index (χ1n) is 6.96. The number of halogens is 2. The lowest BCUT2D eigenvalue weighted by Gasteiger charge is -2.20. The Morgan fingerprint density at radius 2 is 2.00 bits per heavy atom. The van der Waals surface area contributed by atoms with Crippen LogP contribution in [0.25, 0.3) is 0 Å². The van der Waals surface area contributed by atoms with Crippen LogP contribution in [-0.2, 0) is 4.79 Å². The standard InChI is InChI=1S/C16H19ClN2OS.ClH/c1-2-4-13(18)16(20)19-15(14-5-3-10-21-14)11-6-8-12(17)9-7-11;/h3,5-10,13,15H,2,4,18H2,1H3,(H,19,20);1H. The monoisotopic (exact) mass is 358 g/mol. The van der Waals surface area contributed by atoms with Gasteiger partial charge in [-0.25, -0.2) is 0 Å².